The average Bonchev–Trinajstić information content (AvgIpc) is 2.14. The van der Waals surface area contributed by atoms with E-state index in [9.17, 15) is 5.11 Å². The highest BCUT2D eigenvalue weighted by Crippen LogP contribution is 2.38. The second-order valence-corrected chi connectivity index (χ2v) is 5.01. The van der Waals surface area contributed by atoms with Crippen LogP contribution in [-0.2, 0) is 5.41 Å². The minimum Gasteiger partial charge on any atom is -0.504 e. The standard InChI is InChI=1S/C14H20O2/c1-6-7-16-13-11(14(3,4)5)8-10(2)9-12(13)15/h6,8-9,15H,1,7H2,2-5H3. The molecule has 0 bridgehead atoms. The van der Waals surface area contributed by atoms with Crippen LogP contribution in [0.25, 0.3) is 0 Å². The van der Waals surface area contributed by atoms with Gasteiger partial charge >= 0.3 is 0 Å². The normalized spacial score (nSPS) is 11.2. The van der Waals surface area contributed by atoms with Crippen LogP contribution in [0.1, 0.15) is 31.9 Å². The Bertz CT molecular complexity index is 386. The molecule has 1 N–H and O–H groups in total. The summed E-state index contributed by atoms with van der Waals surface area (Å²) in [5.74, 6) is 0.768. The van der Waals surface area contributed by atoms with Gasteiger partial charge in [-0.1, -0.05) is 39.5 Å². The summed E-state index contributed by atoms with van der Waals surface area (Å²) in [5, 5.41) is 9.90. The van der Waals surface area contributed by atoms with Gasteiger partial charge in [0, 0.05) is 5.56 Å². The fourth-order valence-electron chi connectivity index (χ4n) is 1.61. The van der Waals surface area contributed by atoms with Gasteiger partial charge in [-0.05, 0) is 24.0 Å². The number of rotatable bonds is 3. The molecule has 0 saturated heterocycles. The quantitative estimate of drug-likeness (QED) is 0.789. The topological polar surface area (TPSA) is 29.5 Å². The van der Waals surface area contributed by atoms with E-state index < -0.39 is 0 Å². The van der Waals surface area contributed by atoms with Gasteiger partial charge in [-0.15, -0.1) is 0 Å². The van der Waals surface area contributed by atoms with Crippen LogP contribution in [-0.4, -0.2) is 11.7 Å². The Balaban J connectivity index is 3.26. The summed E-state index contributed by atoms with van der Waals surface area (Å²) in [6.45, 7) is 12.3. The lowest BCUT2D eigenvalue weighted by Crippen LogP contribution is -2.14. The molecule has 0 unspecified atom stereocenters. The first-order valence-electron chi connectivity index (χ1n) is 5.44. The Labute approximate surface area is 97.6 Å². The second kappa shape index (κ2) is 4.60. The number of aryl methyl sites for hydroxylation is 1. The highest BCUT2D eigenvalue weighted by atomic mass is 16.5. The van der Waals surface area contributed by atoms with E-state index >= 15 is 0 Å². The third kappa shape index (κ3) is 2.78. The van der Waals surface area contributed by atoms with E-state index in [0.717, 1.165) is 11.1 Å². The molecule has 2 heteroatoms. The molecule has 1 rings (SSSR count). The smallest absolute Gasteiger partial charge is 0.165 e. The maximum Gasteiger partial charge on any atom is 0.165 e. The average molecular weight is 220 g/mol. The van der Waals surface area contributed by atoms with Crippen LogP contribution in [0.3, 0.4) is 0 Å². The molecule has 16 heavy (non-hydrogen) atoms. The summed E-state index contributed by atoms with van der Waals surface area (Å²) < 4.78 is 5.53. The first kappa shape index (κ1) is 12.6. The van der Waals surface area contributed by atoms with Gasteiger partial charge in [0.05, 0.1) is 0 Å². The SMILES string of the molecule is C=CCOc1c(O)cc(C)cc1C(C)(C)C. The molecule has 1 aromatic carbocycles. The molecule has 0 fully saturated rings. The third-order valence-corrected chi connectivity index (χ3v) is 2.37. The van der Waals surface area contributed by atoms with Crippen molar-refractivity contribution in [3.05, 3.63) is 35.9 Å². The molecule has 88 valence electrons. The zero-order chi connectivity index (χ0) is 12.3. The zero-order valence-electron chi connectivity index (χ0n) is 10.5. The Hall–Kier alpha value is -1.44. The Morgan fingerprint density at radius 2 is 2.00 bits per heavy atom. The van der Waals surface area contributed by atoms with E-state index in [4.69, 9.17) is 4.74 Å². The van der Waals surface area contributed by atoms with Crippen molar-refractivity contribution in [2.24, 2.45) is 0 Å². The monoisotopic (exact) mass is 220 g/mol. The molecular formula is C14H20O2. The van der Waals surface area contributed by atoms with E-state index in [1.807, 2.05) is 6.92 Å². The van der Waals surface area contributed by atoms with Crippen molar-refractivity contribution < 1.29 is 9.84 Å². The summed E-state index contributed by atoms with van der Waals surface area (Å²) >= 11 is 0. The van der Waals surface area contributed by atoms with Gasteiger partial charge in [0.1, 0.15) is 6.61 Å². The predicted octanol–water partition coefficient (Wildman–Crippen LogP) is 3.56. The lowest BCUT2D eigenvalue weighted by atomic mass is 9.85. The molecular weight excluding hydrogens is 200 g/mol. The van der Waals surface area contributed by atoms with E-state index in [-0.39, 0.29) is 11.2 Å². The highest BCUT2D eigenvalue weighted by molar-refractivity contribution is 5.51. The maximum atomic E-state index is 9.90. The Kier molecular flexibility index (Phi) is 3.63. The van der Waals surface area contributed by atoms with Gasteiger partial charge in [-0.2, -0.15) is 0 Å². The van der Waals surface area contributed by atoms with Crippen LogP contribution < -0.4 is 4.74 Å². The first-order chi connectivity index (χ1) is 7.36. The van der Waals surface area contributed by atoms with E-state index in [2.05, 4.69) is 33.4 Å². The second-order valence-electron chi connectivity index (χ2n) is 5.01. The van der Waals surface area contributed by atoms with Crippen LogP contribution in [0.5, 0.6) is 11.5 Å². The van der Waals surface area contributed by atoms with Gasteiger partial charge in [0.25, 0.3) is 0 Å². The predicted molar refractivity (Wildman–Crippen MR) is 67.2 cm³/mol. The van der Waals surface area contributed by atoms with Gasteiger partial charge in [0.2, 0.25) is 0 Å². The molecule has 0 atom stereocenters. The number of hydrogen-bond donors (Lipinski definition) is 1. The molecule has 0 amide bonds. The van der Waals surface area contributed by atoms with Crippen LogP contribution in [0.4, 0.5) is 0 Å². The van der Waals surface area contributed by atoms with Gasteiger partial charge in [0.15, 0.2) is 11.5 Å². The highest BCUT2D eigenvalue weighted by Gasteiger charge is 2.21. The molecule has 1 aromatic rings. The van der Waals surface area contributed by atoms with Gasteiger partial charge in [-0.3, -0.25) is 0 Å². The molecule has 0 aliphatic heterocycles. The molecule has 2 nitrogen and oxygen atoms in total. The maximum absolute atomic E-state index is 9.90. The summed E-state index contributed by atoms with van der Waals surface area (Å²) in [6.07, 6.45) is 1.67. The van der Waals surface area contributed by atoms with E-state index in [0.29, 0.717) is 12.4 Å². The fraction of sp³-hybridized carbons (Fsp3) is 0.429. The first-order valence-corrected chi connectivity index (χ1v) is 5.44. The number of hydrogen-bond acceptors (Lipinski definition) is 2. The number of benzene rings is 1. The van der Waals surface area contributed by atoms with Crippen molar-refractivity contribution in [1.29, 1.82) is 0 Å². The van der Waals surface area contributed by atoms with Crippen molar-refractivity contribution in [3.8, 4) is 11.5 Å². The number of aromatic hydroxyl groups is 1. The van der Waals surface area contributed by atoms with E-state index in [1.54, 1.807) is 12.1 Å². The van der Waals surface area contributed by atoms with Crippen LogP contribution in [0, 0.1) is 6.92 Å². The largest absolute Gasteiger partial charge is 0.504 e. The molecule has 0 aliphatic rings. The van der Waals surface area contributed by atoms with Crippen molar-refractivity contribution in [3.63, 3.8) is 0 Å². The number of phenolic OH excluding ortho intramolecular Hbond substituents is 1. The zero-order valence-corrected chi connectivity index (χ0v) is 10.5. The minimum absolute atomic E-state index is 0.0556. The summed E-state index contributed by atoms with van der Waals surface area (Å²) in [5.41, 5.74) is 2.00. The van der Waals surface area contributed by atoms with Crippen molar-refractivity contribution in [1.82, 2.24) is 0 Å². The van der Waals surface area contributed by atoms with E-state index in [1.165, 1.54) is 0 Å². The summed E-state index contributed by atoms with van der Waals surface area (Å²) in [6, 6.07) is 3.77. The fourth-order valence-corrected chi connectivity index (χ4v) is 1.61. The lowest BCUT2D eigenvalue weighted by molar-refractivity contribution is 0.325. The molecule has 0 aromatic heterocycles. The Morgan fingerprint density at radius 1 is 1.38 bits per heavy atom. The molecule has 0 aliphatic carbocycles. The Morgan fingerprint density at radius 3 is 2.50 bits per heavy atom. The summed E-state index contributed by atoms with van der Waals surface area (Å²) in [7, 11) is 0. The molecule has 0 spiro atoms. The van der Waals surface area contributed by atoms with Crippen molar-refractivity contribution >= 4 is 0 Å². The number of ether oxygens (including phenoxy) is 1. The van der Waals surface area contributed by atoms with Gasteiger partial charge in [-0.25, -0.2) is 0 Å². The lowest BCUT2D eigenvalue weighted by Gasteiger charge is -2.23. The third-order valence-electron chi connectivity index (χ3n) is 2.37. The van der Waals surface area contributed by atoms with Crippen LogP contribution in [0.15, 0.2) is 24.8 Å². The molecule has 0 radical (unpaired) electrons. The van der Waals surface area contributed by atoms with Crippen molar-refractivity contribution in [2.75, 3.05) is 6.61 Å². The van der Waals surface area contributed by atoms with Crippen LogP contribution >= 0.6 is 0 Å². The molecule has 0 saturated carbocycles. The summed E-state index contributed by atoms with van der Waals surface area (Å²) in [4.78, 5) is 0. The number of phenols is 1. The molecule has 0 heterocycles. The van der Waals surface area contributed by atoms with Crippen molar-refractivity contribution in [2.45, 2.75) is 33.1 Å². The van der Waals surface area contributed by atoms with Gasteiger partial charge < -0.3 is 9.84 Å². The minimum atomic E-state index is -0.0556. The van der Waals surface area contributed by atoms with Crippen LogP contribution in [0.2, 0.25) is 0 Å².